The molecule has 112 valence electrons. The highest BCUT2D eigenvalue weighted by Gasteiger charge is 2.23. The molecule has 0 spiro atoms. The number of amides is 1. The Morgan fingerprint density at radius 1 is 1.43 bits per heavy atom. The van der Waals surface area contributed by atoms with E-state index >= 15 is 0 Å². The summed E-state index contributed by atoms with van der Waals surface area (Å²) in [6.07, 6.45) is 2.83. The summed E-state index contributed by atoms with van der Waals surface area (Å²) < 4.78 is 0. The van der Waals surface area contributed by atoms with Gasteiger partial charge >= 0.3 is 5.97 Å². The van der Waals surface area contributed by atoms with Crippen molar-refractivity contribution in [3.63, 3.8) is 0 Å². The molecule has 6 heteroatoms. The van der Waals surface area contributed by atoms with E-state index in [-0.39, 0.29) is 5.91 Å². The number of carbonyl (C=O) groups excluding carboxylic acids is 1. The quantitative estimate of drug-likeness (QED) is 0.890. The number of nitrogens with one attached hydrogen (secondary N) is 1. The van der Waals surface area contributed by atoms with E-state index in [2.05, 4.69) is 10.3 Å². The average molecular weight is 306 g/mol. The monoisotopic (exact) mass is 306 g/mol. The van der Waals surface area contributed by atoms with Gasteiger partial charge in [0, 0.05) is 11.6 Å². The Hall–Kier alpha value is -1.95. The first-order chi connectivity index (χ1) is 9.95. The van der Waals surface area contributed by atoms with Gasteiger partial charge in [-0.05, 0) is 37.5 Å². The number of thiophene rings is 1. The normalized spacial score (nSPS) is 12.3. The number of nitrogens with zero attached hydrogens (tertiary/aromatic N) is 1. The molecule has 1 atom stereocenters. The molecule has 2 N–H and O–H groups in total. The number of carbonyl (C=O) groups is 2. The number of aliphatic carboxylic acids is 1. The summed E-state index contributed by atoms with van der Waals surface area (Å²) in [5, 5.41) is 12.7. The third-order valence-corrected chi connectivity index (χ3v) is 4.62. The molecule has 0 bridgehead atoms. The average Bonchev–Trinajstić information content (AvgIpc) is 2.77. The van der Waals surface area contributed by atoms with Crippen LogP contribution in [0.25, 0.3) is 10.2 Å². The van der Waals surface area contributed by atoms with Crippen LogP contribution >= 0.6 is 11.3 Å². The Kier molecular flexibility index (Phi) is 4.57. The van der Waals surface area contributed by atoms with Crippen LogP contribution in [0.3, 0.4) is 0 Å². The second kappa shape index (κ2) is 6.22. The molecule has 2 aromatic rings. The lowest BCUT2D eigenvalue weighted by molar-refractivity contribution is -0.139. The minimum Gasteiger partial charge on any atom is -0.480 e. The SMILES string of the molecule is CCCC(NC(=O)c1sc2nccc(C)c2c1C)C(=O)O. The second-order valence-electron chi connectivity index (χ2n) is 5.02. The van der Waals surface area contributed by atoms with E-state index in [1.807, 2.05) is 26.8 Å². The van der Waals surface area contributed by atoms with E-state index in [0.29, 0.717) is 17.7 Å². The maximum atomic E-state index is 12.3. The number of hydrogen-bond acceptors (Lipinski definition) is 4. The van der Waals surface area contributed by atoms with Crippen molar-refractivity contribution in [2.45, 2.75) is 39.7 Å². The molecule has 1 unspecified atom stereocenters. The molecule has 0 aliphatic rings. The van der Waals surface area contributed by atoms with Gasteiger partial charge in [0.2, 0.25) is 0 Å². The number of aryl methyl sites for hydroxylation is 2. The second-order valence-corrected chi connectivity index (χ2v) is 6.02. The van der Waals surface area contributed by atoms with Crippen LogP contribution in [0, 0.1) is 13.8 Å². The maximum Gasteiger partial charge on any atom is 0.326 e. The highest BCUT2D eigenvalue weighted by atomic mass is 32.1. The molecule has 5 nitrogen and oxygen atoms in total. The molecule has 0 saturated carbocycles. The van der Waals surface area contributed by atoms with Gasteiger partial charge in [0.05, 0.1) is 4.88 Å². The summed E-state index contributed by atoms with van der Waals surface area (Å²) in [6.45, 7) is 5.74. The molecule has 1 amide bonds. The van der Waals surface area contributed by atoms with E-state index in [1.165, 1.54) is 11.3 Å². The van der Waals surface area contributed by atoms with E-state index in [1.54, 1.807) is 6.20 Å². The van der Waals surface area contributed by atoms with Crippen LogP contribution in [-0.4, -0.2) is 28.0 Å². The van der Waals surface area contributed by atoms with Gasteiger partial charge in [-0.15, -0.1) is 11.3 Å². The van der Waals surface area contributed by atoms with Crippen LogP contribution < -0.4 is 5.32 Å². The molecule has 0 aromatic carbocycles. The molecule has 0 fully saturated rings. The lowest BCUT2D eigenvalue weighted by atomic mass is 10.1. The highest BCUT2D eigenvalue weighted by molar-refractivity contribution is 7.20. The summed E-state index contributed by atoms with van der Waals surface area (Å²) in [5.41, 5.74) is 1.93. The molecule has 2 rings (SSSR count). The number of rotatable bonds is 5. The van der Waals surface area contributed by atoms with E-state index in [0.717, 1.165) is 21.3 Å². The predicted octanol–water partition coefficient (Wildman–Crippen LogP) is 2.90. The summed E-state index contributed by atoms with van der Waals surface area (Å²) in [5.74, 6) is -1.34. The van der Waals surface area contributed by atoms with Crippen molar-refractivity contribution < 1.29 is 14.7 Å². The smallest absolute Gasteiger partial charge is 0.326 e. The van der Waals surface area contributed by atoms with Crippen molar-refractivity contribution in [3.8, 4) is 0 Å². The lowest BCUT2D eigenvalue weighted by Crippen LogP contribution is -2.40. The van der Waals surface area contributed by atoms with Crippen molar-refractivity contribution in [1.82, 2.24) is 10.3 Å². The Morgan fingerprint density at radius 2 is 2.14 bits per heavy atom. The third-order valence-electron chi connectivity index (χ3n) is 3.43. The van der Waals surface area contributed by atoms with E-state index in [9.17, 15) is 9.59 Å². The largest absolute Gasteiger partial charge is 0.480 e. The van der Waals surface area contributed by atoms with Gasteiger partial charge < -0.3 is 10.4 Å². The third kappa shape index (κ3) is 3.05. The van der Waals surface area contributed by atoms with Crippen LogP contribution in [0.4, 0.5) is 0 Å². The van der Waals surface area contributed by atoms with E-state index in [4.69, 9.17) is 5.11 Å². The molecule has 2 aromatic heterocycles. The minimum atomic E-state index is -1.00. The topological polar surface area (TPSA) is 79.3 Å². The summed E-state index contributed by atoms with van der Waals surface area (Å²) in [7, 11) is 0. The Labute approximate surface area is 127 Å². The number of pyridine rings is 1. The molecule has 21 heavy (non-hydrogen) atoms. The molecular weight excluding hydrogens is 288 g/mol. The lowest BCUT2D eigenvalue weighted by Gasteiger charge is -2.13. The number of aromatic nitrogens is 1. The van der Waals surface area contributed by atoms with Crippen LogP contribution in [0.1, 0.15) is 40.6 Å². The first kappa shape index (κ1) is 15.4. The number of hydrogen-bond donors (Lipinski definition) is 2. The summed E-state index contributed by atoms with van der Waals surface area (Å²) in [6, 6.07) is 1.06. The van der Waals surface area contributed by atoms with Gasteiger partial charge in [-0.2, -0.15) is 0 Å². The Morgan fingerprint density at radius 3 is 2.71 bits per heavy atom. The summed E-state index contributed by atoms with van der Waals surface area (Å²) in [4.78, 5) is 29.1. The molecule has 0 aliphatic heterocycles. The van der Waals surface area contributed by atoms with Crippen LogP contribution in [0.5, 0.6) is 0 Å². The van der Waals surface area contributed by atoms with Gasteiger partial charge in [0.1, 0.15) is 10.9 Å². The fourth-order valence-electron chi connectivity index (χ4n) is 2.34. The maximum absolute atomic E-state index is 12.3. The molecular formula is C15H18N2O3S. The molecule has 0 radical (unpaired) electrons. The van der Waals surface area contributed by atoms with Crippen molar-refractivity contribution in [1.29, 1.82) is 0 Å². The van der Waals surface area contributed by atoms with Crippen LogP contribution in [0.15, 0.2) is 12.3 Å². The number of carboxylic acid groups (broad SMARTS) is 1. The molecule has 2 heterocycles. The molecule has 0 saturated heterocycles. The van der Waals surface area contributed by atoms with Crippen LogP contribution in [0.2, 0.25) is 0 Å². The van der Waals surface area contributed by atoms with Gasteiger partial charge in [-0.1, -0.05) is 13.3 Å². The van der Waals surface area contributed by atoms with E-state index < -0.39 is 12.0 Å². The van der Waals surface area contributed by atoms with Gasteiger partial charge in [0.15, 0.2) is 0 Å². The fraction of sp³-hybridized carbons (Fsp3) is 0.400. The van der Waals surface area contributed by atoms with Gasteiger partial charge in [-0.3, -0.25) is 4.79 Å². The zero-order valence-corrected chi connectivity index (χ0v) is 13.1. The zero-order chi connectivity index (χ0) is 15.6. The van der Waals surface area contributed by atoms with Crippen molar-refractivity contribution in [2.75, 3.05) is 0 Å². The van der Waals surface area contributed by atoms with Gasteiger partial charge in [-0.25, -0.2) is 9.78 Å². The van der Waals surface area contributed by atoms with Crippen molar-refractivity contribution in [3.05, 3.63) is 28.3 Å². The van der Waals surface area contributed by atoms with Gasteiger partial charge in [0.25, 0.3) is 5.91 Å². The minimum absolute atomic E-state index is 0.337. The Balaban J connectivity index is 2.33. The van der Waals surface area contributed by atoms with Crippen molar-refractivity contribution in [2.24, 2.45) is 0 Å². The van der Waals surface area contributed by atoms with Crippen molar-refractivity contribution >= 4 is 33.4 Å². The Bertz CT molecular complexity index is 694. The molecule has 0 aliphatic carbocycles. The fourth-order valence-corrected chi connectivity index (χ4v) is 3.47. The van der Waals surface area contributed by atoms with Crippen LogP contribution in [-0.2, 0) is 4.79 Å². The standard InChI is InChI=1S/C15H18N2O3S/c1-4-5-10(15(19)20)17-13(18)12-9(3)11-8(2)6-7-16-14(11)21-12/h6-7,10H,4-5H2,1-3H3,(H,17,18)(H,19,20). The zero-order valence-electron chi connectivity index (χ0n) is 12.3. The first-order valence-corrected chi connectivity index (χ1v) is 7.65. The number of carboxylic acids is 1. The summed E-state index contributed by atoms with van der Waals surface area (Å²) >= 11 is 1.30. The highest BCUT2D eigenvalue weighted by Crippen LogP contribution is 2.31. The first-order valence-electron chi connectivity index (χ1n) is 6.84. The predicted molar refractivity (Wildman–Crippen MR) is 82.9 cm³/mol. The number of fused-ring (bicyclic) bond motifs is 1.